The second-order valence-corrected chi connectivity index (χ2v) is 8.56. The molecule has 5 aromatic rings. The molecule has 28 heavy (non-hydrogen) atoms. The summed E-state index contributed by atoms with van der Waals surface area (Å²) in [6, 6.07) is 11.1. The van der Waals surface area contributed by atoms with E-state index in [4.69, 9.17) is 27.9 Å². The van der Waals surface area contributed by atoms with Crippen molar-refractivity contribution in [2.75, 3.05) is 12.4 Å². The summed E-state index contributed by atoms with van der Waals surface area (Å²) in [5.74, 6) is 1.27. The molecule has 0 atom stereocenters. The van der Waals surface area contributed by atoms with Crippen LogP contribution in [0.15, 0.2) is 41.8 Å². The molecule has 0 unspecified atom stereocenters. The first-order valence-corrected chi connectivity index (χ1v) is 10.6. The molecule has 0 aliphatic heterocycles. The molecule has 10 heteroatoms. The Kier molecular flexibility index (Phi) is 4.36. The minimum atomic E-state index is 0.470. The molecule has 0 spiro atoms. The number of fused-ring (bicyclic) bond motifs is 2. The highest BCUT2D eigenvalue weighted by Crippen LogP contribution is 2.34. The van der Waals surface area contributed by atoms with Gasteiger partial charge in [-0.3, -0.25) is 5.32 Å². The van der Waals surface area contributed by atoms with Gasteiger partial charge in [-0.15, -0.1) is 16.4 Å². The molecule has 0 saturated carbocycles. The third-order valence-corrected chi connectivity index (χ3v) is 6.41. The third-order valence-electron chi connectivity index (χ3n) is 4.10. The molecule has 5 rings (SSSR count). The number of aromatic nitrogens is 4. The number of nitrogens with zero attached hydrogens (tertiary/aromatic N) is 4. The fourth-order valence-corrected chi connectivity index (χ4v) is 4.89. The zero-order valence-corrected chi connectivity index (χ0v) is 17.5. The predicted molar refractivity (Wildman–Crippen MR) is 116 cm³/mol. The highest BCUT2D eigenvalue weighted by Gasteiger charge is 2.15. The molecule has 0 aliphatic carbocycles. The Hall–Kier alpha value is -2.39. The van der Waals surface area contributed by atoms with Gasteiger partial charge in [-0.1, -0.05) is 34.5 Å². The first-order chi connectivity index (χ1) is 13.6. The Labute approximate surface area is 177 Å². The maximum Gasteiger partial charge on any atom is 0.250 e. The van der Waals surface area contributed by atoms with Crippen LogP contribution >= 0.6 is 45.9 Å². The number of anilines is 2. The van der Waals surface area contributed by atoms with E-state index >= 15 is 0 Å². The van der Waals surface area contributed by atoms with Crippen LogP contribution in [-0.2, 0) is 0 Å². The topological polar surface area (TPSA) is 64.3 Å². The number of hydrogen-bond donors (Lipinski definition) is 1. The van der Waals surface area contributed by atoms with E-state index in [0.29, 0.717) is 21.1 Å². The van der Waals surface area contributed by atoms with Crippen LogP contribution in [0, 0.1) is 0 Å². The Morgan fingerprint density at radius 1 is 1.11 bits per heavy atom. The average Bonchev–Trinajstić information content (AvgIpc) is 3.36. The van der Waals surface area contributed by atoms with E-state index in [9.17, 15) is 0 Å². The molecule has 0 fully saturated rings. The van der Waals surface area contributed by atoms with Crippen molar-refractivity contribution in [1.29, 1.82) is 0 Å². The van der Waals surface area contributed by atoms with Crippen LogP contribution in [0.4, 0.5) is 11.1 Å². The molecule has 1 N–H and O–H groups in total. The predicted octanol–water partition coefficient (Wildman–Crippen LogP) is 6.13. The summed E-state index contributed by atoms with van der Waals surface area (Å²) in [4.78, 5) is 9.85. The number of nitrogens with one attached hydrogen (secondary N) is 1. The number of thiazole rings is 2. The Bertz CT molecular complexity index is 1330. The van der Waals surface area contributed by atoms with Crippen molar-refractivity contribution in [2.45, 2.75) is 0 Å². The second-order valence-electron chi connectivity index (χ2n) is 5.85. The molecule has 2 aromatic carbocycles. The van der Waals surface area contributed by atoms with E-state index in [-0.39, 0.29) is 0 Å². The van der Waals surface area contributed by atoms with Crippen molar-refractivity contribution in [2.24, 2.45) is 0 Å². The smallest absolute Gasteiger partial charge is 0.250 e. The van der Waals surface area contributed by atoms with Gasteiger partial charge in [0, 0.05) is 16.0 Å². The van der Waals surface area contributed by atoms with Gasteiger partial charge in [-0.25, -0.2) is 9.50 Å². The molecular formula is C18H11Cl2N5OS2. The third kappa shape index (κ3) is 3.08. The molecule has 3 heterocycles. The Morgan fingerprint density at radius 2 is 2.00 bits per heavy atom. The van der Waals surface area contributed by atoms with Crippen molar-refractivity contribution in [3.05, 3.63) is 51.8 Å². The van der Waals surface area contributed by atoms with Crippen molar-refractivity contribution in [3.63, 3.8) is 0 Å². The van der Waals surface area contributed by atoms with Gasteiger partial charge < -0.3 is 4.74 Å². The Balaban J connectivity index is 1.51. The summed E-state index contributed by atoms with van der Waals surface area (Å²) in [7, 11) is 1.65. The average molecular weight is 448 g/mol. The lowest BCUT2D eigenvalue weighted by molar-refractivity contribution is 0.415. The monoisotopic (exact) mass is 447 g/mol. The van der Waals surface area contributed by atoms with Crippen LogP contribution < -0.4 is 10.1 Å². The van der Waals surface area contributed by atoms with Gasteiger partial charge in [0.2, 0.25) is 10.9 Å². The molecule has 6 nitrogen and oxygen atoms in total. The maximum atomic E-state index is 6.34. The lowest BCUT2D eigenvalue weighted by Crippen LogP contribution is -1.94. The summed E-state index contributed by atoms with van der Waals surface area (Å²) in [5.41, 5.74) is 2.53. The lowest BCUT2D eigenvalue weighted by Gasteiger charge is -2.02. The largest absolute Gasteiger partial charge is 0.497 e. The van der Waals surface area contributed by atoms with E-state index in [0.717, 1.165) is 32.2 Å². The normalized spacial score (nSPS) is 11.4. The number of benzene rings is 2. The number of ether oxygens (including phenoxy) is 1. The van der Waals surface area contributed by atoms with Crippen molar-refractivity contribution in [3.8, 4) is 17.0 Å². The van der Waals surface area contributed by atoms with E-state index in [1.54, 1.807) is 23.8 Å². The van der Waals surface area contributed by atoms with Crippen molar-refractivity contribution < 1.29 is 4.74 Å². The van der Waals surface area contributed by atoms with Crippen LogP contribution in [0.25, 0.3) is 26.4 Å². The summed E-state index contributed by atoms with van der Waals surface area (Å²) in [6.45, 7) is 0. The highest BCUT2D eigenvalue weighted by atomic mass is 35.5. The van der Waals surface area contributed by atoms with Gasteiger partial charge in [-0.05, 0) is 36.4 Å². The SMILES string of the molecule is COc1ccc2nc(Nc3nc4scc(-c5cc(Cl)ccc5Cl)n4n3)sc2c1. The molecular weight excluding hydrogens is 437 g/mol. The molecule has 0 saturated heterocycles. The van der Waals surface area contributed by atoms with E-state index < -0.39 is 0 Å². The van der Waals surface area contributed by atoms with Crippen LogP contribution in [0.5, 0.6) is 5.75 Å². The first kappa shape index (κ1) is 17.7. The zero-order chi connectivity index (χ0) is 19.3. The van der Waals surface area contributed by atoms with Crippen LogP contribution in [-0.4, -0.2) is 26.7 Å². The fourth-order valence-electron chi connectivity index (χ4n) is 2.79. The van der Waals surface area contributed by atoms with Crippen LogP contribution in [0.1, 0.15) is 0 Å². The molecule has 0 amide bonds. The fraction of sp³-hybridized carbons (Fsp3) is 0.0556. The molecule has 0 bridgehead atoms. The summed E-state index contributed by atoms with van der Waals surface area (Å²) in [5, 5.41) is 11.6. The summed E-state index contributed by atoms with van der Waals surface area (Å²) in [6.07, 6.45) is 0. The van der Waals surface area contributed by atoms with Gasteiger partial charge >= 0.3 is 0 Å². The van der Waals surface area contributed by atoms with Crippen molar-refractivity contribution >= 4 is 72.1 Å². The molecule has 140 valence electrons. The Morgan fingerprint density at radius 3 is 2.86 bits per heavy atom. The summed E-state index contributed by atoms with van der Waals surface area (Å²) < 4.78 is 8.04. The van der Waals surface area contributed by atoms with Gasteiger partial charge in [0.1, 0.15) is 5.75 Å². The summed E-state index contributed by atoms with van der Waals surface area (Å²) >= 11 is 15.5. The standard InChI is InChI=1S/C18H11Cl2N5OS2/c1-26-10-3-5-13-15(7-10)28-17(21-13)22-16-23-18-25(24-16)14(8-27-18)11-6-9(19)2-4-12(11)20/h2-8H,1H3,(H,21,22,24). The van der Waals surface area contributed by atoms with Crippen LogP contribution in [0.2, 0.25) is 10.0 Å². The van der Waals surface area contributed by atoms with Gasteiger partial charge in [-0.2, -0.15) is 4.98 Å². The quantitative estimate of drug-likeness (QED) is 0.359. The molecule has 0 radical (unpaired) electrons. The van der Waals surface area contributed by atoms with E-state index in [1.165, 1.54) is 22.7 Å². The maximum absolute atomic E-state index is 6.34. The van der Waals surface area contributed by atoms with E-state index in [1.807, 2.05) is 29.6 Å². The second kappa shape index (κ2) is 6.89. The zero-order valence-electron chi connectivity index (χ0n) is 14.3. The number of methoxy groups -OCH3 is 1. The van der Waals surface area contributed by atoms with Gasteiger partial charge in [0.15, 0.2) is 5.13 Å². The van der Waals surface area contributed by atoms with Crippen LogP contribution in [0.3, 0.4) is 0 Å². The highest BCUT2D eigenvalue weighted by molar-refractivity contribution is 7.22. The lowest BCUT2D eigenvalue weighted by atomic mass is 10.2. The minimum Gasteiger partial charge on any atom is -0.497 e. The van der Waals surface area contributed by atoms with Gasteiger partial charge in [0.05, 0.1) is 28.0 Å². The first-order valence-electron chi connectivity index (χ1n) is 8.12. The molecule has 0 aliphatic rings. The minimum absolute atomic E-state index is 0.470. The van der Waals surface area contributed by atoms with Gasteiger partial charge in [0.25, 0.3) is 0 Å². The number of hydrogen-bond acceptors (Lipinski definition) is 7. The number of halogens is 2. The van der Waals surface area contributed by atoms with Crippen molar-refractivity contribution in [1.82, 2.24) is 19.6 Å². The van der Waals surface area contributed by atoms with E-state index in [2.05, 4.69) is 20.4 Å². The molecule has 3 aromatic heterocycles. The number of rotatable bonds is 4.